The zero-order valence-corrected chi connectivity index (χ0v) is 10.8. The summed E-state index contributed by atoms with van der Waals surface area (Å²) in [7, 11) is 0. The van der Waals surface area contributed by atoms with Gasteiger partial charge in [0.15, 0.2) is 5.65 Å². The van der Waals surface area contributed by atoms with E-state index in [1.54, 1.807) is 0 Å². The standard InChI is InChI=1S/C12H19N5O/c1-3-4-5-6-8(2)14-12-15-10-9(7-13-17-10)11(18)16-12/h7-8H,3-6H2,1-2H3,(H3,13,14,15,16,17,18). The molecule has 6 nitrogen and oxygen atoms in total. The van der Waals surface area contributed by atoms with E-state index in [1.165, 1.54) is 25.5 Å². The summed E-state index contributed by atoms with van der Waals surface area (Å²) in [5.74, 6) is 0.501. The normalized spacial score (nSPS) is 12.8. The van der Waals surface area contributed by atoms with Gasteiger partial charge in [-0.3, -0.25) is 14.9 Å². The summed E-state index contributed by atoms with van der Waals surface area (Å²) in [5.41, 5.74) is 0.346. The van der Waals surface area contributed by atoms with Crippen molar-refractivity contribution in [2.75, 3.05) is 5.32 Å². The molecule has 2 aromatic heterocycles. The van der Waals surface area contributed by atoms with E-state index in [2.05, 4.69) is 39.3 Å². The first-order valence-corrected chi connectivity index (χ1v) is 6.40. The van der Waals surface area contributed by atoms with Crippen molar-refractivity contribution in [2.24, 2.45) is 0 Å². The van der Waals surface area contributed by atoms with Crippen LogP contribution in [0.5, 0.6) is 0 Å². The second-order valence-corrected chi connectivity index (χ2v) is 4.59. The van der Waals surface area contributed by atoms with Crippen LogP contribution in [0.1, 0.15) is 39.5 Å². The Labute approximate surface area is 105 Å². The summed E-state index contributed by atoms with van der Waals surface area (Å²) in [6, 6.07) is 0.292. The van der Waals surface area contributed by atoms with Gasteiger partial charge in [0.25, 0.3) is 5.56 Å². The van der Waals surface area contributed by atoms with Crippen molar-refractivity contribution >= 4 is 17.0 Å². The third-order valence-electron chi connectivity index (χ3n) is 2.94. The van der Waals surface area contributed by atoms with Gasteiger partial charge in [-0.1, -0.05) is 26.2 Å². The number of aromatic nitrogens is 4. The maximum atomic E-state index is 11.7. The van der Waals surface area contributed by atoms with E-state index >= 15 is 0 Å². The zero-order chi connectivity index (χ0) is 13.0. The maximum absolute atomic E-state index is 11.7. The molecule has 3 N–H and O–H groups in total. The number of hydrogen-bond donors (Lipinski definition) is 3. The lowest BCUT2D eigenvalue weighted by Crippen LogP contribution is -2.20. The number of rotatable bonds is 6. The van der Waals surface area contributed by atoms with E-state index in [0.717, 1.165) is 6.42 Å². The van der Waals surface area contributed by atoms with Crippen molar-refractivity contribution < 1.29 is 0 Å². The second kappa shape index (κ2) is 5.66. The van der Waals surface area contributed by atoms with Gasteiger partial charge in [0.05, 0.1) is 6.20 Å². The summed E-state index contributed by atoms with van der Waals surface area (Å²) in [6.45, 7) is 4.27. The molecule has 0 aliphatic rings. The molecule has 0 saturated heterocycles. The molecular formula is C12H19N5O. The van der Waals surface area contributed by atoms with Crippen LogP contribution in [-0.2, 0) is 0 Å². The van der Waals surface area contributed by atoms with Crippen LogP contribution >= 0.6 is 0 Å². The monoisotopic (exact) mass is 249 g/mol. The summed E-state index contributed by atoms with van der Waals surface area (Å²) in [6.07, 6.45) is 6.17. The molecule has 0 aliphatic heterocycles. The van der Waals surface area contributed by atoms with E-state index in [0.29, 0.717) is 23.0 Å². The molecule has 0 spiro atoms. The molecule has 0 aliphatic carbocycles. The van der Waals surface area contributed by atoms with E-state index in [4.69, 9.17) is 0 Å². The average molecular weight is 249 g/mol. The van der Waals surface area contributed by atoms with Crippen molar-refractivity contribution in [1.29, 1.82) is 0 Å². The first-order chi connectivity index (χ1) is 8.70. The van der Waals surface area contributed by atoms with Crippen molar-refractivity contribution in [2.45, 2.75) is 45.6 Å². The Bertz CT molecular complexity index is 559. The van der Waals surface area contributed by atoms with Gasteiger partial charge in [-0.15, -0.1) is 0 Å². The smallest absolute Gasteiger partial charge is 0.263 e. The van der Waals surface area contributed by atoms with E-state index < -0.39 is 0 Å². The number of aromatic amines is 2. The van der Waals surface area contributed by atoms with Crippen LogP contribution in [0.2, 0.25) is 0 Å². The number of nitrogens with zero attached hydrogens (tertiary/aromatic N) is 2. The van der Waals surface area contributed by atoms with E-state index in [-0.39, 0.29) is 5.56 Å². The van der Waals surface area contributed by atoms with Gasteiger partial charge in [-0.05, 0) is 13.3 Å². The number of anilines is 1. The largest absolute Gasteiger partial charge is 0.353 e. The first-order valence-electron chi connectivity index (χ1n) is 6.40. The lowest BCUT2D eigenvalue weighted by molar-refractivity contribution is 0.612. The van der Waals surface area contributed by atoms with E-state index in [1.807, 2.05) is 0 Å². The lowest BCUT2D eigenvalue weighted by Gasteiger charge is -2.13. The van der Waals surface area contributed by atoms with Gasteiger partial charge >= 0.3 is 0 Å². The molecule has 2 aromatic rings. The van der Waals surface area contributed by atoms with Gasteiger partial charge < -0.3 is 5.32 Å². The molecule has 2 rings (SSSR count). The minimum Gasteiger partial charge on any atom is -0.353 e. The molecule has 6 heteroatoms. The highest BCUT2D eigenvalue weighted by Crippen LogP contribution is 2.09. The predicted molar refractivity (Wildman–Crippen MR) is 71.7 cm³/mol. The molecule has 0 fully saturated rings. The van der Waals surface area contributed by atoms with Crippen molar-refractivity contribution in [3.63, 3.8) is 0 Å². The average Bonchev–Trinajstić information content (AvgIpc) is 2.78. The van der Waals surface area contributed by atoms with Crippen molar-refractivity contribution in [3.8, 4) is 0 Å². The fourth-order valence-electron chi connectivity index (χ4n) is 1.92. The molecule has 1 unspecified atom stereocenters. The molecule has 98 valence electrons. The molecule has 1 atom stereocenters. The number of fused-ring (bicyclic) bond motifs is 1. The summed E-state index contributed by atoms with van der Waals surface area (Å²) in [5, 5.41) is 10.2. The van der Waals surface area contributed by atoms with Crippen LogP contribution in [0.4, 0.5) is 5.95 Å². The van der Waals surface area contributed by atoms with Crippen LogP contribution in [-0.4, -0.2) is 26.2 Å². The van der Waals surface area contributed by atoms with Gasteiger partial charge in [-0.2, -0.15) is 10.1 Å². The second-order valence-electron chi connectivity index (χ2n) is 4.59. The van der Waals surface area contributed by atoms with Gasteiger partial charge in [-0.25, -0.2) is 0 Å². The number of hydrogen-bond acceptors (Lipinski definition) is 4. The van der Waals surface area contributed by atoms with Crippen molar-refractivity contribution in [1.82, 2.24) is 20.2 Å². The molecule has 2 heterocycles. The minimum absolute atomic E-state index is 0.169. The molecule has 0 saturated carbocycles. The Morgan fingerprint density at radius 3 is 3.06 bits per heavy atom. The summed E-state index contributed by atoms with van der Waals surface area (Å²) < 4.78 is 0. The van der Waals surface area contributed by atoms with Gasteiger partial charge in [0.1, 0.15) is 5.39 Å². The highest BCUT2D eigenvalue weighted by atomic mass is 16.1. The molecule has 0 amide bonds. The number of unbranched alkanes of at least 4 members (excludes halogenated alkanes) is 2. The summed E-state index contributed by atoms with van der Waals surface area (Å²) in [4.78, 5) is 18.7. The third kappa shape index (κ3) is 2.88. The van der Waals surface area contributed by atoms with Crippen LogP contribution in [0, 0.1) is 0 Å². The Morgan fingerprint density at radius 1 is 1.44 bits per heavy atom. The van der Waals surface area contributed by atoms with E-state index in [9.17, 15) is 4.79 Å². The lowest BCUT2D eigenvalue weighted by atomic mass is 10.1. The molecule has 0 bridgehead atoms. The highest BCUT2D eigenvalue weighted by molar-refractivity contribution is 5.73. The Hall–Kier alpha value is -1.85. The fraction of sp³-hybridized carbons (Fsp3) is 0.583. The number of nitrogens with one attached hydrogen (secondary N) is 3. The predicted octanol–water partition coefficient (Wildman–Crippen LogP) is 2.03. The SMILES string of the molecule is CCCCCC(C)Nc1nc2[nH]ncc2c(=O)[nH]1. The Kier molecular flexibility index (Phi) is 3.96. The quantitative estimate of drug-likeness (QED) is 0.684. The van der Waals surface area contributed by atoms with Crippen LogP contribution < -0.4 is 10.9 Å². The fourth-order valence-corrected chi connectivity index (χ4v) is 1.92. The summed E-state index contributed by atoms with van der Waals surface area (Å²) >= 11 is 0. The van der Waals surface area contributed by atoms with Crippen LogP contribution in [0.15, 0.2) is 11.0 Å². The maximum Gasteiger partial charge on any atom is 0.263 e. The van der Waals surface area contributed by atoms with Crippen LogP contribution in [0.3, 0.4) is 0 Å². The minimum atomic E-state index is -0.169. The Balaban J connectivity index is 2.05. The van der Waals surface area contributed by atoms with Crippen molar-refractivity contribution in [3.05, 3.63) is 16.6 Å². The molecular weight excluding hydrogens is 230 g/mol. The molecule has 18 heavy (non-hydrogen) atoms. The van der Waals surface area contributed by atoms with Gasteiger partial charge in [0.2, 0.25) is 5.95 Å². The highest BCUT2D eigenvalue weighted by Gasteiger charge is 2.07. The topological polar surface area (TPSA) is 86.5 Å². The van der Waals surface area contributed by atoms with Gasteiger partial charge in [0, 0.05) is 6.04 Å². The first kappa shape index (κ1) is 12.6. The number of H-pyrrole nitrogens is 2. The zero-order valence-electron chi connectivity index (χ0n) is 10.8. The third-order valence-corrected chi connectivity index (χ3v) is 2.94. The Morgan fingerprint density at radius 2 is 2.28 bits per heavy atom. The van der Waals surface area contributed by atoms with Crippen LogP contribution in [0.25, 0.3) is 11.0 Å². The molecule has 0 radical (unpaired) electrons. The molecule has 0 aromatic carbocycles.